The van der Waals surface area contributed by atoms with E-state index in [1.807, 2.05) is 0 Å². The second-order valence-electron chi connectivity index (χ2n) is 28.3. The minimum Gasteiger partial charge on any atom is -0.462 e. The fourth-order valence-corrected chi connectivity index (χ4v) is 13.6. The summed E-state index contributed by atoms with van der Waals surface area (Å²) in [5.41, 5.74) is 0. The minimum atomic E-state index is -4.96. The molecule has 0 aromatic heterocycles. The fraction of sp³-hybridized carbons (Fsp3) is 0.949. The SMILES string of the molecule is CCCCCCCCCCCCCCCCCCC(=O)OC[C@H](COP(=O)(O)OC[C@@H](O)COP(=O)(O)OC[C@@H](COC(=O)CCCCCCCCCCCCC)OC(=O)CCCCCCCCCCCCC(C)CC)OC(=O)CCCCCCCCCCCCCCCCCC. The van der Waals surface area contributed by atoms with Crippen LogP contribution in [0, 0.1) is 5.92 Å². The van der Waals surface area contributed by atoms with Crippen LogP contribution in [0.15, 0.2) is 0 Å². The molecule has 0 aliphatic heterocycles. The molecule has 0 bridgehead atoms. The van der Waals surface area contributed by atoms with Crippen molar-refractivity contribution in [3.05, 3.63) is 0 Å². The maximum atomic E-state index is 13.1. The summed E-state index contributed by atoms with van der Waals surface area (Å²) in [5.74, 6) is -1.30. The molecule has 3 N–H and O–H groups in total. The highest BCUT2D eigenvalue weighted by Crippen LogP contribution is 2.45. The largest absolute Gasteiger partial charge is 0.472 e. The number of phosphoric acid groups is 2. The van der Waals surface area contributed by atoms with Gasteiger partial charge in [-0.25, -0.2) is 9.13 Å². The summed E-state index contributed by atoms with van der Waals surface area (Å²) < 4.78 is 68.6. The zero-order valence-electron chi connectivity index (χ0n) is 63.2. The summed E-state index contributed by atoms with van der Waals surface area (Å²) >= 11 is 0. The van der Waals surface area contributed by atoms with Gasteiger partial charge in [-0.15, -0.1) is 0 Å². The highest BCUT2D eigenvalue weighted by Gasteiger charge is 2.30. The van der Waals surface area contributed by atoms with Gasteiger partial charge in [-0.2, -0.15) is 0 Å². The molecule has 0 spiro atoms. The molecular weight excluding hydrogens is 1270 g/mol. The van der Waals surface area contributed by atoms with E-state index in [2.05, 4.69) is 34.6 Å². The lowest BCUT2D eigenvalue weighted by atomic mass is 9.99. The lowest BCUT2D eigenvalue weighted by Crippen LogP contribution is -2.30. The number of hydrogen-bond donors (Lipinski definition) is 3. The van der Waals surface area contributed by atoms with Crippen molar-refractivity contribution >= 4 is 39.5 Å². The van der Waals surface area contributed by atoms with Gasteiger partial charge < -0.3 is 33.8 Å². The Morgan fingerprint density at radius 3 is 0.732 bits per heavy atom. The number of aliphatic hydroxyl groups is 1. The Balaban J connectivity index is 5.26. The maximum Gasteiger partial charge on any atom is 0.472 e. The van der Waals surface area contributed by atoms with Crippen LogP contribution in [0.25, 0.3) is 0 Å². The molecule has 0 aliphatic carbocycles. The number of phosphoric ester groups is 2. The lowest BCUT2D eigenvalue weighted by Gasteiger charge is -2.21. The van der Waals surface area contributed by atoms with E-state index in [1.54, 1.807) is 0 Å². The van der Waals surface area contributed by atoms with Gasteiger partial charge in [0.25, 0.3) is 0 Å². The zero-order valence-corrected chi connectivity index (χ0v) is 65.0. The van der Waals surface area contributed by atoms with Crippen LogP contribution >= 0.6 is 15.6 Å². The molecule has 0 saturated carbocycles. The first-order valence-corrected chi connectivity index (χ1v) is 43.7. The first-order valence-electron chi connectivity index (χ1n) is 40.7. The average Bonchev–Trinajstić information content (AvgIpc) is 1.25. The van der Waals surface area contributed by atoms with Gasteiger partial charge in [-0.1, -0.05) is 362 Å². The number of ether oxygens (including phenoxy) is 4. The van der Waals surface area contributed by atoms with E-state index >= 15 is 0 Å². The van der Waals surface area contributed by atoms with Gasteiger partial charge >= 0.3 is 39.5 Å². The molecule has 0 aliphatic rings. The number of aliphatic hydroxyl groups excluding tert-OH is 1. The number of esters is 4. The van der Waals surface area contributed by atoms with Crippen LogP contribution < -0.4 is 0 Å². The van der Waals surface area contributed by atoms with E-state index in [0.29, 0.717) is 25.7 Å². The number of rotatable bonds is 78. The molecule has 0 heterocycles. The lowest BCUT2D eigenvalue weighted by molar-refractivity contribution is -0.161. The predicted molar refractivity (Wildman–Crippen MR) is 395 cm³/mol. The molecule has 0 fully saturated rings. The number of carbonyl (C=O) groups is 4. The van der Waals surface area contributed by atoms with Crippen molar-refractivity contribution in [1.82, 2.24) is 0 Å². The molecule has 0 rings (SSSR count). The zero-order chi connectivity index (χ0) is 71.2. The average molecular weight is 1420 g/mol. The monoisotopic (exact) mass is 1420 g/mol. The third-order valence-corrected chi connectivity index (χ3v) is 20.5. The molecule has 17 nitrogen and oxygen atoms in total. The van der Waals surface area contributed by atoms with Crippen molar-refractivity contribution in [2.75, 3.05) is 39.6 Å². The van der Waals surface area contributed by atoms with E-state index in [1.165, 1.54) is 238 Å². The van der Waals surface area contributed by atoms with E-state index in [9.17, 15) is 43.2 Å². The third kappa shape index (κ3) is 70.9. The summed E-state index contributed by atoms with van der Waals surface area (Å²) in [6.07, 6.45) is 60.8. The Bertz CT molecular complexity index is 1860. The van der Waals surface area contributed by atoms with Crippen LogP contribution in [0.3, 0.4) is 0 Å². The first kappa shape index (κ1) is 95.1. The summed E-state index contributed by atoms with van der Waals surface area (Å²) in [7, 11) is -9.91. The predicted octanol–water partition coefficient (Wildman–Crippen LogP) is 23.3. The van der Waals surface area contributed by atoms with E-state index in [4.69, 9.17) is 37.0 Å². The maximum absolute atomic E-state index is 13.1. The summed E-state index contributed by atoms with van der Waals surface area (Å²) in [6.45, 7) is 7.34. The molecular formula is C78H152O17P2. The van der Waals surface area contributed by atoms with Crippen LogP contribution in [0.5, 0.6) is 0 Å². The molecule has 0 radical (unpaired) electrons. The van der Waals surface area contributed by atoms with Gasteiger partial charge in [-0.3, -0.25) is 37.3 Å². The third-order valence-electron chi connectivity index (χ3n) is 18.6. The van der Waals surface area contributed by atoms with Crippen molar-refractivity contribution in [1.29, 1.82) is 0 Å². The molecule has 0 amide bonds. The van der Waals surface area contributed by atoms with Crippen LogP contribution in [-0.4, -0.2) is 96.7 Å². The van der Waals surface area contributed by atoms with Crippen LogP contribution in [0.4, 0.5) is 0 Å². The van der Waals surface area contributed by atoms with Crippen LogP contribution in [0.2, 0.25) is 0 Å². The van der Waals surface area contributed by atoms with Crippen LogP contribution in [-0.2, 0) is 65.4 Å². The van der Waals surface area contributed by atoms with Crippen molar-refractivity contribution in [2.24, 2.45) is 5.92 Å². The van der Waals surface area contributed by atoms with Crippen molar-refractivity contribution < 1.29 is 80.2 Å². The molecule has 3 unspecified atom stereocenters. The quantitative estimate of drug-likeness (QED) is 0.0222. The van der Waals surface area contributed by atoms with Gasteiger partial charge in [0.15, 0.2) is 12.2 Å². The van der Waals surface area contributed by atoms with Crippen molar-refractivity contribution in [2.45, 2.75) is 432 Å². The van der Waals surface area contributed by atoms with Gasteiger partial charge in [0.1, 0.15) is 19.3 Å². The molecule has 6 atom stereocenters. The topological polar surface area (TPSA) is 237 Å². The van der Waals surface area contributed by atoms with Gasteiger partial charge in [-0.05, 0) is 31.6 Å². The highest BCUT2D eigenvalue weighted by molar-refractivity contribution is 7.47. The van der Waals surface area contributed by atoms with E-state index in [0.717, 1.165) is 95.8 Å². The Morgan fingerprint density at radius 1 is 0.289 bits per heavy atom. The smallest absolute Gasteiger partial charge is 0.462 e. The Kier molecular flexibility index (Phi) is 69.6. The molecule has 0 aromatic carbocycles. The van der Waals surface area contributed by atoms with E-state index < -0.39 is 97.5 Å². The second-order valence-corrected chi connectivity index (χ2v) is 31.3. The summed E-state index contributed by atoms with van der Waals surface area (Å²) in [5, 5.41) is 10.6. The molecule has 0 aromatic rings. The molecule has 576 valence electrons. The Morgan fingerprint density at radius 2 is 0.495 bits per heavy atom. The van der Waals surface area contributed by atoms with Gasteiger partial charge in [0.2, 0.25) is 0 Å². The van der Waals surface area contributed by atoms with Crippen molar-refractivity contribution in [3.63, 3.8) is 0 Å². The number of hydrogen-bond acceptors (Lipinski definition) is 15. The summed E-state index contributed by atoms with van der Waals surface area (Å²) in [6, 6.07) is 0. The van der Waals surface area contributed by atoms with Gasteiger partial charge in [0.05, 0.1) is 26.4 Å². The van der Waals surface area contributed by atoms with E-state index in [-0.39, 0.29) is 25.7 Å². The van der Waals surface area contributed by atoms with Crippen molar-refractivity contribution in [3.8, 4) is 0 Å². The molecule has 0 saturated heterocycles. The summed E-state index contributed by atoms with van der Waals surface area (Å²) in [4.78, 5) is 72.9. The molecule has 19 heteroatoms. The Labute approximate surface area is 594 Å². The minimum absolute atomic E-state index is 0.107. The second kappa shape index (κ2) is 71.1. The number of unbranched alkanes of at least 4 members (excludes halogenated alkanes) is 49. The normalized spacial score (nSPS) is 14.2. The van der Waals surface area contributed by atoms with Gasteiger partial charge in [0, 0.05) is 25.7 Å². The fourth-order valence-electron chi connectivity index (χ4n) is 12.0. The highest BCUT2D eigenvalue weighted by atomic mass is 31.2. The number of carbonyl (C=O) groups excluding carboxylic acids is 4. The standard InChI is InChI=1S/C78H152O17P2/c1-6-10-13-16-19-22-25-27-29-31-33-36-42-47-52-57-62-76(81)89-68-73(94-77(82)63-58-53-48-43-37-34-32-30-28-26-23-20-17-14-11-7-2)69-92-96(84,85)90-65-72(79)66-91-97(86,87)93-70-74(67-88-75(80)61-56-51-46-41-35-24-21-18-15-12-8-3)95-78(83)64-59-54-49-44-39-38-40-45-50-55-60-71(5)9-4/h71-74,79H,6-70H2,1-5H3,(H,84,85)(H,86,87)/t71?,72-,73-,74-/m1/s1. The first-order chi connectivity index (χ1) is 47.1. The Hall–Kier alpha value is -1.94. The van der Waals surface area contributed by atoms with Crippen LogP contribution in [0.1, 0.15) is 413 Å². The molecule has 97 heavy (non-hydrogen) atoms.